The van der Waals surface area contributed by atoms with Crippen LogP contribution in [0.2, 0.25) is 0 Å². The smallest absolute Gasteiger partial charge is 0.256 e. The van der Waals surface area contributed by atoms with Crippen molar-refractivity contribution >= 4 is 28.9 Å². The number of piperazine rings is 1. The highest BCUT2D eigenvalue weighted by molar-refractivity contribution is 6.02. The van der Waals surface area contributed by atoms with Gasteiger partial charge in [-0.3, -0.25) is 9.59 Å². The Balaban J connectivity index is 1.74. The Bertz CT molecular complexity index is 1010. The summed E-state index contributed by atoms with van der Waals surface area (Å²) in [5.41, 5.74) is 3.35. The zero-order chi connectivity index (χ0) is 26.6. The van der Waals surface area contributed by atoms with Gasteiger partial charge in [0.15, 0.2) is 0 Å². The van der Waals surface area contributed by atoms with Crippen LogP contribution in [0.5, 0.6) is 5.75 Å². The number of benzene rings is 2. The number of rotatable bonds is 13. The Morgan fingerprint density at radius 2 is 1.51 bits per heavy atom. The van der Waals surface area contributed by atoms with Crippen LogP contribution in [0.3, 0.4) is 0 Å². The molecule has 1 fully saturated rings. The third kappa shape index (κ3) is 7.63. The predicted molar refractivity (Wildman–Crippen MR) is 153 cm³/mol. The fourth-order valence-electron chi connectivity index (χ4n) is 4.93. The number of nitrogens with zero attached hydrogens (tertiary/aromatic N) is 3. The van der Waals surface area contributed by atoms with Crippen molar-refractivity contribution in [1.82, 2.24) is 4.90 Å². The van der Waals surface area contributed by atoms with E-state index < -0.39 is 0 Å². The largest absolute Gasteiger partial charge is 0.495 e. The molecule has 7 nitrogen and oxygen atoms in total. The summed E-state index contributed by atoms with van der Waals surface area (Å²) in [6.45, 7) is 10.7. The van der Waals surface area contributed by atoms with Gasteiger partial charge in [0.2, 0.25) is 5.91 Å². The number of carbonyl (C=O) groups excluding carboxylic acids is 2. The van der Waals surface area contributed by atoms with Crippen LogP contribution in [0.15, 0.2) is 42.5 Å². The van der Waals surface area contributed by atoms with E-state index in [4.69, 9.17) is 4.74 Å². The fourth-order valence-corrected chi connectivity index (χ4v) is 4.93. The Hall–Kier alpha value is -3.22. The molecule has 202 valence electrons. The highest BCUT2D eigenvalue weighted by Crippen LogP contribution is 2.31. The number of hydrogen-bond acceptors (Lipinski definition) is 5. The zero-order valence-electron chi connectivity index (χ0n) is 23.1. The van der Waals surface area contributed by atoms with Gasteiger partial charge >= 0.3 is 0 Å². The van der Waals surface area contributed by atoms with Crippen LogP contribution in [0.1, 0.15) is 69.7 Å². The number of unbranched alkanes of at least 4 members (excludes halogenated alkanes) is 4. The summed E-state index contributed by atoms with van der Waals surface area (Å²) in [6, 6.07) is 13.9. The molecule has 37 heavy (non-hydrogen) atoms. The molecule has 2 aromatic rings. The minimum atomic E-state index is 0.00261. The van der Waals surface area contributed by atoms with Crippen molar-refractivity contribution in [2.45, 2.75) is 59.3 Å². The van der Waals surface area contributed by atoms with Gasteiger partial charge in [0, 0.05) is 57.1 Å². The lowest BCUT2D eigenvalue weighted by molar-refractivity contribution is -0.116. The Morgan fingerprint density at radius 3 is 2.16 bits per heavy atom. The topological polar surface area (TPSA) is 65.1 Å². The molecule has 1 aliphatic rings. The van der Waals surface area contributed by atoms with Crippen molar-refractivity contribution in [2.75, 3.05) is 61.5 Å². The van der Waals surface area contributed by atoms with Crippen LogP contribution in [0.25, 0.3) is 0 Å². The first-order valence-corrected chi connectivity index (χ1v) is 13.9. The van der Waals surface area contributed by atoms with Crippen molar-refractivity contribution in [3.05, 3.63) is 48.0 Å². The average Bonchev–Trinajstić information content (AvgIpc) is 2.93. The van der Waals surface area contributed by atoms with Crippen LogP contribution < -0.4 is 19.9 Å². The lowest BCUT2D eigenvalue weighted by Gasteiger charge is -2.38. The lowest BCUT2D eigenvalue weighted by Crippen LogP contribution is -2.47. The van der Waals surface area contributed by atoms with Crippen LogP contribution in [-0.2, 0) is 4.79 Å². The van der Waals surface area contributed by atoms with Crippen molar-refractivity contribution in [1.29, 1.82) is 0 Å². The second kappa shape index (κ2) is 14.5. The average molecular weight is 509 g/mol. The summed E-state index contributed by atoms with van der Waals surface area (Å²) >= 11 is 0. The number of amides is 2. The number of carbonyl (C=O) groups is 2. The van der Waals surface area contributed by atoms with Crippen LogP contribution in [0.4, 0.5) is 17.1 Å². The lowest BCUT2D eigenvalue weighted by atomic mass is 10.1. The Labute approximate surface area is 222 Å². The minimum Gasteiger partial charge on any atom is -0.495 e. The standard InChI is InChI=1S/C30H44N4O3/c1-5-8-9-10-11-16-29(35)31-24-17-18-26(25(23-24)30(36)32(6-2)7-3)33-19-21-34(22-20-33)27-14-12-13-15-28(27)37-4/h12-15,17-18,23H,5-11,16,19-22H2,1-4H3,(H,31,35). The fraction of sp³-hybridized carbons (Fsp3) is 0.533. The third-order valence-electron chi connectivity index (χ3n) is 7.11. The summed E-state index contributed by atoms with van der Waals surface area (Å²) in [4.78, 5) is 32.5. The van der Waals surface area contributed by atoms with Crippen molar-refractivity contribution in [3.8, 4) is 5.75 Å². The number of ether oxygens (including phenoxy) is 1. The van der Waals surface area contributed by atoms with E-state index in [1.807, 2.05) is 55.1 Å². The normalized spacial score (nSPS) is 13.4. The van der Waals surface area contributed by atoms with Gasteiger partial charge in [0.05, 0.1) is 18.4 Å². The van der Waals surface area contributed by atoms with Crippen molar-refractivity contribution in [2.24, 2.45) is 0 Å². The second-order valence-corrected chi connectivity index (χ2v) is 9.57. The zero-order valence-corrected chi connectivity index (χ0v) is 23.1. The molecule has 2 aromatic carbocycles. The maximum Gasteiger partial charge on any atom is 0.256 e. The number of para-hydroxylation sites is 2. The van der Waals surface area contributed by atoms with Crippen LogP contribution in [-0.4, -0.2) is 63.1 Å². The van der Waals surface area contributed by atoms with Gasteiger partial charge in [-0.15, -0.1) is 0 Å². The van der Waals surface area contributed by atoms with E-state index in [2.05, 4.69) is 28.1 Å². The maximum atomic E-state index is 13.5. The predicted octanol–water partition coefficient (Wildman–Crippen LogP) is 5.80. The molecule has 0 radical (unpaired) electrons. The summed E-state index contributed by atoms with van der Waals surface area (Å²) in [5.74, 6) is 0.887. The van der Waals surface area contributed by atoms with Gasteiger partial charge in [-0.05, 0) is 50.6 Å². The summed E-state index contributed by atoms with van der Waals surface area (Å²) in [6.07, 6.45) is 6.06. The second-order valence-electron chi connectivity index (χ2n) is 9.57. The molecule has 0 unspecified atom stereocenters. The van der Waals surface area contributed by atoms with Gasteiger partial charge in [0.1, 0.15) is 5.75 Å². The molecule has 1 N–H and O–H groups in total. The van der Waals surface area contributed by atoms with E-state index in [1.165, 1.54) is 19.3 Å². The van der Waals surface area contributed by atoms with E-state index in [1.54, 1.807) is 7.11 Å². The van der Waals surface area contributed by atoms with E-state index >= 15 is 0 Å². The van der Waals surface area contributed by atoms with Gasteiger partial charge in [-0.1, -0.05) is 44.7 Å². The SMILES string of the molecule is CCCCCCCC(=O)Nc1ccc(N2CCN(c3ccccc3OC)CC2)c(C(=O)N(CC)CC)c1. The molecule has 1 saturated heterocycles. The molecule has 1 heterocycles. The molecular formula is C30H44N4O3. The molecule has 2 amide bonds. The first-order chi connectivity index (χ1) is 18.0. The monoisotopic (exact) mass is 508 g/mol. The first-order valence-electron chi connectivity index (χ1n) is 13.9. The van der Waals surface area contributed by atoms with E-state index in [0.29, 0.717) is 30.8 Å². The van der Waals surface area contributed by atoms with Crippen molar-refractivity contribution in [3.63, 3.8) is 0 Å². The molecule has 0 aliphatic carbocycles. The first kappa shape index (κ1) is 28.4. The molecule has 3 rings (SSSR count). The molecule has 0 aromatic heterocycles. The van der Waals surface area contributed by atoms with Gasteiger partial charge < -0.3 is 24.8 Å². The number of anilines is 3. The van der Waals surface area contributed by atoms with Gasteiger partial charge in [0.25, 0.3) is 5.91 Å². The minimum absolute atomic E-state index is 0.00261. The molecule has 7 heteroatoms. The summed E-state index contributed by atoms with van der Waals surface area (Å²) in [7, 11) is 1.70. The highest BCUT2D eigenvalue weighted by atomic mass is 16.5. The Morgan fingerprint density at radius 1 is 0.865 bits per heavy atom. The molecule has 0 spiro atoms. The van der Waals surface area contributed by atoms with Gasteiger partial charge in [-0.25, -0.2) is 0 Å². The van der Waals surface area contributed by atoms with E-state index in [0.717, 1.165) is 56.1 Å². The summed E-state index contributed by atoms with van der Waals surface area (Å²) in [5, 5.41) is 3.02. The molecule has 0 bridgehead atoms. The van der Waals surface area contributed by atoms with Crippen LogP contribution >= 0.6 is 0 Å². The Kier molecular flexibility index (Phi) is 11.1. The van der Waals surface area contributed by atoms with E-state index in [9.17, 15) is 9.59 Å². The number of methoxy groups -OCH3 is 1. The highest BCUT2D eigenvalue weighted by Gasteiger charge is 2.25. The van der Waals surface area contributed by atoms with Crippen molar-refractivity contribution < 1.29 is 14.3 Å². The van der Waals surface area contributed by atoms with E-state index in [-0.39, 0.29) is 11.8 Å². The number of nitrogens with one attached hydrogen (secondary N) is 1. The van der Waals surface area contributed by atoms with Gasteiger partial charge in [-0.2, -0.15) is 0 Å². The quantitative estimate of drug-likeness (QED) is 0.346. The molecular weight excluding hydrogens is 464 g/mol. The number of hydrogen-bond donors (Lipinski definition) is 1. The third-order valence-corrected chi connectivity index (χ3v) is 7.11. The van der Waals surface area contributed by atoms with Crippen LogP contribution in [0, 0.1) is 0 Å². The molecule has 1 aliphatic heterocycles. The molecule has 0 saturated carbocycles. The molecule has 0 atom stereocenters. The summed E-state index contributed by atoms with van der Waals surface area (Å²) < 4.78 is 5.56. The maximum absolute atomic E-state index is 13.5.